The van der Waals surface area contributed by atoms with Gasteiger partial charge in [0.2, 0.25) is 5.91 Å². The molecule has 1 aromatic rings. The second kappa shape index (κ2) is 6.02. The van der Waals surface area contributed by atoms with Crippen LogP contribution < -0.4 is 5.32 Å². The molecule has 1 rings (SSSR count). The Bertz CT molecular complexity index is 327. The van der Waals surface area contributed by atoms with E-state index in [9.17, 15) is 4.79 Å². The molecule has 0 aliphatic carbocycles. The number of anilines is 1. The molecule has 0 heterocycles. The molecule has 2 heteroatoms. The maximum atomic E-state index is 11.4. The molecule has 0 bridgehead atoms. The molecule has 1 amide bonds. The fraction of sp³-hybridized carbons (Fsp3) is 0.308. The number of amides is 1. The summed E-state index contributed by atoms with van der Waals surface area (Å²) < 4.78 is 0. The third-order valence-electron chi connectivity index (χ3n) is 2.19. The van der Waals surface area contributed by atoms with Gasteiger partial charge in [0.25, 0.3) is 0 Å². The zero-order valence-electron chi connectivity index (χ0n) is 9.12. The highest BCUT2D eigenvalue weighted by Gasteiger charge is 2.00. The first-order valence-electron chi connectivity index (χ1n) is 5.28. The summed E-state index contributed by atoms with van der Waals surface area (Å²) in [6.45, 7) is 5.75. The van der Waals surface area contributed by atoms with Crippen molar-refractivity contribution in [2.45, 2.75) is 26.2 Å². The first kappa shape index (κ1) is 11.5. The zero-order valence-corrected chi connectivity index (χ0v) is 9.12. The summed E-state index contributed by atoms with van der Waals surface area (Å²) in [4.78, 5) is 11.4. The van der Waals surface area contributed by atoms with E-state index < -0.39 is 0 Å². The fourth-order valence-electron chi connectivity index (χ4n) is 1.26. The monoisotopic (exact) mass is 203 g/mol. The van der Waals surface area contributed by atoms with Crippen LogP contribution in [0.1, 0.15) is 31.7 Å². The lowest BCUT2D eigenvalue weighted by Gasteiger charge is -2.04. The van der Waals surface area contributed by atoms with E-state index in [4.69, 9.17) is 0 Å². The molecule has 1 N–H and O–H groups in total. The molecular formula is C13H17NO. The largest absolute Gasteiger partial charge is 0.326 e. The minimum atomic E-state index is 0.0863. The van der Waals surface area contributed by atoms with E-state index >= 15 is 0 Å². The molecule has 0 aliphatic rings. The lowest BCUT2D eigenvalue weighted by atomic mass is 10.2. The summed E-state index contributed by atoms with van der Waals surface area (Å²) in [5.41, 5.74) is 1.91. The molecule has 80 valence electrons. The molecule has 0 atom stereocenters. The molecule has 0 spiro atoms. The predicted octanol–water partition coefficient (Wildman–Crippen LogP) is 3.46. The summed E-state index contributed by atoms with van der Waals surface area (Å²) in [7, 11) is 0. The van der Waals surface area contributed by atoms with Crippen molar-refractivity contribution in [3.63, 3.8) is 0 Å². The Balaban J connectivity index is 2.49. The van der Waals surface area contributed by atoms with Crippen molar-refractivity contribution in [1.82, 2.24) is 0 Å². The second-order valence-electron chi connectivity index (χ2n) is 3.48. The van der Waals surface area contributed by atoms with Gasteiger partial charge in [-0.05, 0) is 24.1 Å². The van der Waals surface area contributed by atoms with E-state index in [-0.39, 0.29) is 5.91 Å². The van der Waals surface area contributed by atoms with Gasteiger partial charge in [-0.2, -0.15) is 0 Å². The highest BCUT2D eigenvalue weighted by Crippen LogP contribution is 2.10. The van der Waals surface area contributed by atoms with E-state index in [2.05, 4.69) is 18.8 Å². The number of carbonyl (C=O) groups is 1. The topological polar surface area (TPSA) is 29.1 Å². The van der Waals surface area contributed by atoms with Gasteiger partial charge in [-0.1, -0.05) is 38.1 Å². The van der Waals surface area contributed by atoms with Crippen LogP contribution >= 0.6 is 0 Å². The molecule has 0 saturated heterocycles. The smallest absolute Gasteiger partial charge is 0.224 e. The van der Waals surface area contributed by atoms with Crippen LogP contribution in [0.15, 0.2) is 30.8 Å². The van der Waals surface area contributed by atoms with Crippen molar-refractivity contribution >= 4 is 17.7 Å². The van der Waals surface area contributed by atoms with Gasteiger partial charge in [0, 0.05) is 12.1 Å². The Morgan fingerprint density at radius 1 is 1.40 bits per heavy atom. The van der Waals surface area contributed by atoms with Gasteiger partial charge in [-0.25, -0.2) is 0 Å². The van der Waals surface area contributed by atoms with Crippen molar-refractivity contribution in [2.75, 3.05) is 5.32 Å². The van der Waals surface area contributed by atoms with Crippen LogP contribution in [-0.2, 0) is 4.79 Å². The van der Waals surface area contributed by atoms with E-state index in [1.54, 1.807) is 6.08 Å². The molecule has 0 aromatic heterocycles. The Kier molecular flexibility index (Phi) is 4.61. The van der Waals surface area contributed by atoms with Crippen molar-refractivity contribution in [3.05, 3.63) is 36.4 Å². The summed E-state index contributed by atoms with van der Waals surface area (Å²) >= 11 is 0. The van der Waals surface area contributed by atoms with Crippen molar-refractivity contribution in [1.29, 1.82) is 0 Å². The van der Waals surface area contributed by atoms with Crippen molar-refractivity contribution < 1.29 is 4.79 Å². The molecule has 0 unspecified atom stereocenters. The molecular weight excluding hydrogens is 186 g/mol. The first-order valence-corrected chi connectivity index (χ1v) is 5.28. The number of unbranched alkanes of at least 4 members (excludes halogenated alkanes) is 1. The number of rotatable bonds is 5. The van der Waals surface area contributed by atoms with Crippen LogP contribution in [0.4, 0.5) is 5.69 Å². The second-order valence-corrected chi connectivity index (χ2v) is 3.48. The van der Waals surface area contributed by atoms with Crippen molar-refractivity contribution in [3.8, 4) is 0 Å². The lowest BCUT2D eigenvalue weighted by molar-refractivity contribution is -0.116. The first-order chi connectivity index (χ1) is 7.26. The standard InChI is InChI=1S/C13H17NO/c1-3-5-6-13(15)14-12-9-7-11(4-2)8-10-12/h4,7-10H,2-3,5-6H2,1H3,(H,14,15). The van der Waals surface area contributed by atoms with E-state index in [0.717, 1.165) is 24.1 Å². The van der Waals surface area contributed by atoms with Gasteiger partial charge in [-0.3, -0.25) is 4.79 Å². The number of nitrogens with one attached hydrogen (secondary N) is 1. The number of hydrogen-bond donors (Lipinski definition) is 1. The third-order valence-corrected chi connectivity index (χ3v) is 2.19. The lowest BCUT2D eigenvalue weighted by Crippen LogP contribution is -2.10. The van der Waals surface area contributed by atoms with E-state index in [1.165, 1.54) is 0 Å². The predicted molar refractivity (Wildman–Crippen MR) is 64.7 cm³/mol. The maximum Gasteiger partial charge on any atom is 0.224 e. The highest BCUT2D eigenvalue weighted by molar-refractivity contribution is 5.90. The van der Waals surface area contributed by atoms with Gasteiger partial charge in [0.15, 0.2) is 0 Å². The Morgan fingerprint density at radius 3 is 2.60 bits per heavy atom. The summed E-state index contributed by atoms with van der Waals surface area (Å²) in [6, 6.07) is 7.65. The number of benzene rings is 1. The maximum absolute atomic E-state index is 11.4. The van der Waals surface area contributed by atoms with Gasteiger partial charge in [-0.15, -0.1) is 0 Å². The van der Waals surface area contributed by atoms with Gasteiger partial charge in [0.05, 0.1) is 0 Å². The van der Waals surface area contributed by atoms with Crippen LogP contribution in [0.3, 0.4) is 0 Å². The number of carbonyl (C=O) groups excluding carboxylic acids is 1. The molecule has 0 radical (unpaired) electrons. The van der Waals surface area contributed by atoms with E-state index in [1.807, 2.05) is 24.3 Å². The molecule has 0 saturated carbocycles. The Morgan fingerprint density at radius 2 is 2.07 bits per heavy atom. The molecule has 0 fully saturated rings. The molecule has 2 nitrogen and oxygen atoms in total. The van der Waals surface area contributed by atoms with Crippen LogP contribution in [0.2, 0.25) is 0 Å². The summed E-state index contributed by atoms with van der Waals surface area (Å²) in [6.07, 6.45) is 4.36. The van der Waals surface area contributed by atoms with E-state index in [0.29, 0.717) is 6.42 Å². The molecule has 15 heavy (non-hydrogen) atoms. The van der Waals surface area contributed by atoms with Crippen LogP contribution in [0.25, 0.3) is 6.08 Å². The van der Waals surface area contributed by atoms with Gasteiger partial charge >= 0.3 is 0 Å². The summed E-state index contributed by atoms with van der Waals surface area (Å²) in [5, 5.41) is 2.85. The molecule has 0 aliphatic heterocycles. The number of hydrogen-bond acceptors (Lipinski definition) is 1. The minimum Gasteiger partial charge on any atom is -0.326 e. The van der Waals surface area contributed by atoms with Gasteiger partial charge < -0.3 is 5.32 Å². The van der Waals surface area contributed by atoms with Crippen LogP contribution in [0, 0.1) is 0 Å². The molecule has 1 aromatic carbocycles. The zero-order chi connectivity index (χ0) is 11.1. The third kappa shape index (κ3) is 3.98. The van der Waals surface area contributed by atoms with Crippen LogP contribution in [-0.4, -0.2) is 5.91 Å². The summed E-state index contributed by atoms with van der Waals surface area (Å²) in [5.74, 6) is 0.0863. The average Bonchev–Trinajstić information content (AvgIpc) is 2.27. The quantitative estimate of drug-likeness (QED) is 0.780. The fourth-order valence-corrected chi connectivity index (χ4v) is 1.26. The highest BCUT2D eigenvalue weighted by atomic mass is 16.1. The minimum absolute atomic E-state index is 0.0863. The SMILES string of the molecule is C=Cc1ccc(NC(=O)CCCC)cc1. The van der Waals surface area contributed by atoms with Gasteiger partial charge in [0.1, 0.15) is 0 Å². The van der Waals surface area contributed by atoms with Crippen LogP contribution in [0.5, 0.6) is 0 Å². The Hall–Kier alpha value is -1.57. The average molecular weight is 203 g/mol. The normalized spacial score (nSPS) is 9.67. The van der Waals surface area contributed by atoms with Crippen molar-refractivity contribution in [2.24, 2.45) is 0 Å². The Labute approximate surface area is 91.0 Å².